The number of carbonyl (C=O) groups excluding carboxylic acids is 2. The van der Waals surface area contributed by atoms with E-state index in [0.29, 0.717) is 28.7 Å². The monoisotopic (exact) mass is 658 g/mol. The van der Waals surface area contributed by atoms with Gasteiger partial charge in [-0.05, 0) is 59.9 Å². The molecule has 0 aromatic heterocycles. The first-order chi connectivity index (χ1) is 18.9. The lowest BCUT2D eigenvalue weighted by Crippen LogP contribution is -2.17. The summed E-state index contributed by atoms with van der Waals surface area (Å²) in [5, 5.41) is 11.5. The number of carbonyl (C=O) groups is 2. The van der Waals surface area contributed by atoms with E-state index in [0.717, 1.165) is 53.9 Å². The predicted molar refractivity (Wildman–Crippen MR) is 163 cm³/mol. The summed E-state index contributed by atoms with van der Waals surface area (Å²) in [5.41, 5.74) is 2.19. The molecule has 7 heteroatoms. The lowest BCUT2D eigenvalue weighted by Gasteiger charge is -2.19. The molecule has 0 spiro atoms. The van der Waals surface area contributed by atoms with Gasteiger partial charge in [-0.3, -0.25) is 0 Å². The van der Waals surface area contributed by atoms with Gasteiger partial charge in [0.2, 0.25) is 0 Å². The Hall–Kier alpha value is -2.64. The Morgan fingerprint density at radius 2 is 1.08 bits per heavy atom. The molecule has 0 aliphatic carbocycles. The molecule has 0 aliphatic rings. The average molecular weight is 660 g/mol. The van der Waals surface area contributed by atoms with Crippen LogP contribution in [-0.4, -0.2) is 30.3 Å². The first kappa shape index (κ1) is 30.9. The maximum Gasteiger partial charge on any atom is 0.342 e. The van der Waals surface area contributed by atoms with Gasteiger partial charge in [0, 0.05) is 14.5 Å². The van der Waals surface area contributed by atoms with Gasteiger partial charge < -0.3 is 14.6 Å². The molecule has 0 saturated carbocycles. The van der Waals surface area contributed by atoms with Crippen LogP contribution in [0.3, 0.4) is 0 Å². The highest BCUT2D eigenvalue weighted by molar-refractivity contribution is 9.10. The van der Waals surface area contributed by atoms with Crippen LogP contribution in [0.4, 0.5) is 0 Å². The molecule has 0 bridgehead atoms. The molecule has 1 N–H and O–H groups in total. The van der Waals surface area contributed by atoms with Gasteiger partial charge in [-0.25, -0.2) is 9.59 Å². The molecule has 3 rings (SSSR count). The van der Waals surface area contributed by atoms with E-state index in [1.165, 1.54) is 0 Å². The third kappa shape index (κ3) is 8.67. The summed E-state index contributed by atoms with van der Waals surface area (Å²) in [7, 11) is 0. The molecule has 0 heterocycles. The Morgan fingerprint density at radius 3 is 1.54 bits per heavy atom. The van der Waals surface area contributed by atoms with Crippen LogP contribution in [0.15, 0.2) is 63.5 Å². The van der Waals surface area contributed by atoms with Crippen molar-refractivity contribution in [2.75, 3.05) is 13.2 Å². The SMILES string of the molecule is CCCCCCOC(=O)c1c(-c2ccc(Br)cc2)cc(-c2ccc(Br)cc2)c(O)c1C(=O)OCCCCCC. The van der Waals surface area contributed by atoms with Crippen LogP contribution in [0.2, 0.25) is 0 Å². The molecule has 3 aromatic carbocycles. The summed E-state index contributed by atoms with van der Waals surface area (Å²) in [6.07, 6.45) is 7.56. The van der Waals surface area contributed by atoms with Crippen LogP contribution in [0.5, 0.6) is 5.75 Å². The molecule has 3 aromatic rings. The van der Waals surface area contributed by atoms with Crippen molar-refractivity contribution in [2.24, 2.45) is 0 Å². The number of rotatable bonds is 14. The molecule has 0 saturated heterocycles. The Morgan fingerprint density at radius 1 is 0.641 bits per heavy atom. The molecule has 39 heavy (non-hydrogen) atoms. The second kappa shape index (κ2) is 15.8. The third-order valence-corrected chi connectivity index (χ3v) is 7.54. The largest absolute Gasteiger partial charge is 0.506 e. The number of aromatic hydroxyl groups is 1. The van der Waals surface area contributed by atoms with Gasteiger partial charge in [0.05, 0.1) is 18.8 Å². The maximum absolute atomic E-state index is 13.6. The number of esters is 2. The van der Waals surface area contributed by atoms with Crippen LogP contribution in [0.1, 0.15) is 85.9 Å². The van der Waals surface area contributed by atoms with Crippen molar-refractivity contribution in [1.82, 2.24) is 0 Å². The number of benzene rings is 3. The number of hydrogen-bond donors (Lipinski definition) is 1. The fourth-order valence-corrected chi connectivity index (χ4v) is 4.85. The Labute approximate surface area is 248 Å². The molecule has 0 fully saturated rings. The molecule has 0 radical (unpaired) electrons. The summed E-state index contributed by atoms with van der Waals surface area (Å²) in [6, 6.07) is 16.6. The predicted octanol–water partition coefficient (Wildman–Crippen LogP) is 9.73. The number of hydrogen-bond acceptors (Lipinski definition) is 5. The molecular formula is C32H36Br2O5. The smallest absolute Gasteiger partial charge is 0.342 e. The second-order valence-corrected chi connectivity index (χ2v) is 11.3. The lowest BCUT2D eigenvalue weighted by molar-refractivity contribution is 0.0448. The quantitative estimate of drug-likeness (QED) is 0.138. The number of unbranched alkanes of at least 4 members (excludes halogenated alkanes) is 6. The van der Waals surface area contributed by atoms with E-state index in [1.54, 1.807) is 6.07 Å². The van der Waals surface area contributed by atoms with Gasteiger partial charge in [0.25, 0.3) is 0 Å². The van der Waals surface area contributed by atoms with E-state index in [1.807, 2.05) is 48.5 Å². The van der Waals surface area contributed by atoms with Gasteiger partial charge in [-0.1, -0.05) is 108 Å². The van der Waals surface area contributed by atoms with E-state index < -0.39 is 11.9 Å². The minimum atomic E-state index is -0.737. The van der Waals surface area contributed by atoms with Gasteiger partial charge >= 0.3 is 11.9 Å². The van der Waals surface area contributed by atoms with Crippen molar-refractivity contribution in [3.05, 3.63) is 74.7 Å². The summed E-state index contributed by atoms with van der Waals surface area (Å²) >= 11 is 6.91. The minimum absolute atomic E-state index is 0.0183. The van der Waals surface area contributed by atoms with Crippen LogP contribution >= 0.6 is 31.9 Å². The second-order valence-electron chi connectivity index (χ2n) is 9.48. The van der Waals surface area contributed by atoms with Gasteiger partial charge in [-0.2, -0.15) is 0 Å². The van der Waals surface area contributed by atoms with Crippen LogP contribution in [0.25, 0.3) is 22.3 Å². The maximum atomic E-state index is 13.6. The van der Waals surface area contributed by atoms with Crippen molar-refractivity contribution in [2.45, 2.75) is 65.2 Å². The molecule has 208 valence electrons. The number of ether oxygens (including phenoxy) is 2. The lowest BCUT2D eigenvalue weighted by atomic mass is 9.89. The Kier molecular flexibility index (Phi) is 12.5. The van der Waals surface area contributed by atoms with Gasteiger partial charge in [0.15, 0.2) is 0 Å². The number of phenols is 1. The summed E-state index contributed by atoms with van der Waals surface area (Å²) in [4.78, 5) is 27.1. The molecule has 0 amide bonds. The van der Waals surface area contributed by atoms with Crippen molar-refractivity contribution in [3.63, 3.8) is 0 Å². The zero-order chi connectivity index (χ0) is 28.2. The van der Waals surface area contributed by atoms with Crippen LogP contribution in [0, 0.1) is 0 Å². The van der Waals surface area contributed by atoms with Crippen molar-refractivity contribution >= 4 is 43.8 Å². The van der Waals surface area contributed by atoms with E-state index in [4.69, 9.17) is 9.47 Å². The zero-order valence-electron chi connectivity index (χ0n) is 22.6. The first-order valence-electron chi connectivity index (χ1n) is 13.6. The fraction of sp³-hybridized carbons (Fsp3) is 0.375. The van der Waals surface area contributed by atoms with Gasteiger partial charge in [-0.15, -0.1) is 0 Å². The summed E-state index contributed by atoms with van der Waals surface area (Å²) < 4.78 is 13.0. The minimum Gasteiger partial charge on any atom is -0.506 e. The zero-order valence-corrected chi connectivity index (χ0v) is 25.8. The molecule has 0 atom stereocenters. The van der Waals surface area contributed by atoms with Crippen molar-refractivity contribution in [3.8, 4) is 28.0 Å². The number of phenolic OH excluding ortho intramolecular Hbond substituents is 1. The third-order valence-electron chi connectivity index (χ3n) is 6.48. The van der Waals surface area contributed by atoms with Crippen molar-refractivity contribution in [1.29, 1.82) is 0 Å². The molecular weight excluding hydrogens is 624 g/mol. The van der Waals surface area contributed by atoms with E-state index in [2.05, 4.69) is 45.7 Å². The first-order valence-corrected chi connectivity index (χ1v) is 15.2. The Bertz CT molecular complexity index is 1240. The Balaban J connectivity index is 2.14. The van der Waals surface area contributed by atoms with Gasteiger partial charge in [0.1, 0.15) is 11.3 Å². The topological polar surface area (TPSA) is 72.8 Å². The normalized spacial score (nSPS) is 10.9. The van der Waals surface area contributed by atoms with E-state index in [9.17, 15) is 14.7 Å². The highest BCUT2D eigenvalue weighted by Gasteiger charge is 2.30. The summed E-state index contributed by atoms with van der Waals surface area (Å²) in [6.45, 7) is 4.67. The average Bonchev–Trinajstić information content (AvgIpc) is 2.93. The van der Waals surface area contributed by atoms with E-state index in [-0.39, 0.29) is 30.1 Å². The molecule has 0 unspecified atom stereocenters. The number of halogens is 2. The molecule has 0 aliphatic heterocycles. The summed E-state index contributed by atoms with van der Waals surface area (Å²) in [5.74, 6) is -1.69. The van der Waals surface area contributed by atoms with Crippen LogP contribution in [-0.2, 0) is 9.47 Å². The molecule has 5 nitrogen and oxygen atoms in total. The van der Waals surface area contributed by atoms with Crippen LogP contribution < -0.4 is 0 Å². The van der Waals surface area contributed by atoms with E-state index >= 15 is 0 Å². The fourth-order valence-electron chi connectivity index (χ4n) is 4.32. The standard InChI is InChI=1S/C32H36Br2O5/c1-3-5-7-9-19-38-31(36)28-26(22-11-15-24(33)16-12-22)21-27(23-13-17-25(34)18-14-23)30(35)29(28)32(37)39-20-10-8-6-4-2/h11-18,21,35H,3-10,19-20H2,1-2H3. The highest BCUT2D eigenvalue weighted by atomic mass is 79.9. The highest BCUT2D eigenvalue weighted by Crippen LogP contribution is 2.41. The van der Waals surface area contributed by atoms with Crippen molar-refractivity contribution < 1.29 is 24.2 Å².